The van der Waals surface area contributed by atoms with Crippen molar-refractivity contribution in [3.8, 4) is 0 Å². The highest BCUT2D eigenvalue weighted by molar-refractivity contribution is 7.99. The SMILES string of the molecule is CC1=CN=CCC1CC(=O)Nc1nnc(CCSCCc2nnc(NC(=O)Cc3ccncc3)s2)s1. The Labute approximate surface area is 221 Å². The number of nitrogens with one attached hydrogen (secondary N) is 2. The molecule has 0 bridgehead atoms. The molecule has 13 heteroatoms. The number of aryl methyl sites for hydroxylation is 2. The molecule has 36 heavy (non-hydrogen) atoms. The van der Waals surface area contributed by atoms with Gasteiger partial charge in [0.25, 0.3) is 0 Å². The number of pyridine rings is 1. The fourth-order valence-electron chi connectivity index (χ4n) is 3.37. The van der Waals surface area contributed by atoms with Crippen LogP contribution in [-0.4, -0.2) is 54.9 Å². The minimum atomic E-state index is -0.124. The Morgan fingerprint density at radius 3 is 2.25 bits per heavy atom. The number of nitrogens with zero attached hydrogens (tertiary/aromatic N) is 6. The summed E-state index contributed by atoms with van der Waals surface area (Å²) in [6.07, 6.45) is 10.0. The minimum absolute atomic E-state index is 0.0508. The molecular weight excluding hydrogens is 517 g/mol. The summed E-state index contributed by atoms with van der Waals surface area (Å²) in [5.74, 6) is 1.80. The summed E-state index contributed by atoms with van der Waals surface area (Å²) in [5, 5.41) is 25.0. The van der Waals surface area contributed by atoms with E-state index in [-0.39, 0.29) is 24.2 Å². The number of aliphatic imine (C=N–C) groups is 1. The first-order valence-corrected chi connectivity index (χ1v) is 14.2. The molecule has 0 saturated carbocycles. The lowest BCUT2D eigenvalue weighted by molar-refractivity contribution is -0.117. The summed E-state index contributed by atoms with van der Waals surface area (Å²) in [5.41, 5.74) is 2.02. The lowest BCUT2D eigenvalue weighted by atomic mass is 9.93. The monoisotopic (exact) mass is 542 g/mol. The highest BCUT2D eigenvalue weighted by Gasteiger charge is 2.18. The highest BCUT2D eigenvalue weighted by atomic mass is 32.2. The second-order valence-electron chi connectivity index (χ2n) is 8.08. The van der Waals surface area contributed by atoms with Crippen molar-refractivity contribution in [3.63, 3.8) is 0 Å². The van der Waals surface area contributed by atoms with Crippen LogP contribution >= 0.6 is 34.4 Å². The fourth-order valence-corrected chi connectivity index (χ4v) is 6.02. The van der Waals surface area contributed by atoms with Crippen LogP contribution in [0.15, 0.2) is 41.3 Å². The first-order valence-electron chi connectivity index (χ1n) is 11.4. The van der Waals surface area contributed by atoms with Gasteiger partial charge in [0.05, 0.1) is 6.42 Å². The zero-order valence-corrected chi connectivity index (χ0v) is 22.2. The smallest absolute Gasteiger partial charge is 0.230 e. The van der Waals surface area contributed by atoms with E-state index in [4.69, 9.17) is 0 Å². The van der Waals surface area contributed by atoms with Crippen molar-refractivity contribution in [2.75, 3.05) is 22.1 Å². The number of hydrogen-bond donors (Lipinski definition) is 2. The second kappa shape index (κ2) is 13.3. The van der Waals surface area contributed by atoms with Gasteiger partial charge in [0.2, 0.25) is 22.1 Å². The van der Waals surface area contributed by atoms with Gasteiger partial charge in [-0.2, -0.15) is 11.8 Å². The third-order valence-corrected chi connectivity index (χ3v) is 8.09. The number of aromatic nitrogens is 5. The van der Waals surface area contributed by atoms with Crippen molar-refractivity contribution in [1.82, 2.24) is 25.4 Å². The Morgan fingerprint density at radius 2 is 1.61 bits per heavy atom. The normalized spacial score (nSPS) is 14.9. The van der Waals surface area contributed by atoms with Crippen LogP contribution in [0.2, 0.25) is 0 Å². The molecule has 4 rings (SSSR count). The van der Waals surface area contributed by atoms with E-state index in [1.54, 1.807) is 24.2 Å². The number of rotatable bonds is 12. The number of amides is 2. The van der Waals surface area contributed by atoms with Crippen molar-refractivity contribution in [3.05, 3.63) is 51.9 Å². The van der Waals surface area contributed by atoms with Gasteiger partial charge >= 0.3 is 0 Å². The van der Waals surface area contributed by atoms with Crippen LogP contribution < -0.4 is 10.6 Å². The van der Waals surface area contributed by atoms with Crippen molar-refractivity contribution in [1.29, 1.82) is 0 Å². The van der Waals surface area contributed by atoms with E-state index in [0.29, 0.717) is 16.7 Å². The number of thioether (sulfide) groups is 1. The number of carbonyl (C=O) groups is 2. The first kappa shape index (κ1) is 26.0. The molecule has 10 nitrogen and oxygen atoms in total. The number of anilines is 2. The average molecular weight is 543 g/mol. The molecule has 0 radical (unpaired) electrons. The molecule has 1 atom stereocenters. The van der Waals surface area contributed by atoms with Crippen LogP contribution in [0.3, 0.4) is 0 Å². The van der Waals surface area contributed by atoms with E-state index in [9.17, 15) is 9.59 Å². The lowest BCUT2D eigenvalue weighted by Crippen LogP contribution is -2.18. The van der Waals surface area contributed by atoms with Crippen LogP contribution in [0, 0.1) is 5.92 Å². The molecule has 0 saturated heterocycles. The topological polar surface area (TPSA) is 135 Å². The van der Waals surface area contributed by atoms with Crippen molar-refractivity contribution >= 4 is 62.7 Å². The summed E-state index contributed by atoms with van der Waals surface area (Å²) < 4.78 is 0. The van der Waals surface area contributed by atoms with Crippen LogP contribution in [0.4, 0.5) is 10.3 Å². The van der Waals surface area contributed by atoms with E-state index in [0.717, 1.165) is 51.9 Å². The van der Waals surface area contributed by atoms with Gasteiger partial charge in [0.15, 0.2) is 0 Å². The van der Waals surface area contributed by atoms with Crippen LogP contribution in [0.5, 0.6) is 0 Å². The van der Waals surface area contributed by atoms with Gasteiger partial charge in [-0.3, -0.25) is 19.6 Å². The zero-order valence-electron chi connectivity index (χ0n) is 19.7. The summed E-state index contributed by atoms with van der Waals surface area (Å²) in [4.78, 5) is 32.6. The quantitative estimate of drug-likeness (QED) is 0.330. The largest absolute Gasteiger partial charge is 0.301 e. The van der Waals surface area contributed by atoms with E-state index >= 15 is 0 Å². The maximum atomic E-state index is 12.3. The molecule has 1 aliphatic rings. The fraction of sp³-hybridized carbons (Fsp3) is 0.391. The van der Waals surface area contributed by atoms with Gasteiger partial charge in [0, 0.05) is 44.1 Å². The summed E-state index contributed by atoms with van der Waals surface area (Å²) in [7, 11) is 0. The molecule has 0 fully saturated rings. The molecule has 3 aromatic heterocycles. The van der Waals surface area contributed by atoms with Crippen LogP contribution in [0.25, 0.3) is 0 Å². The molecule has 1 unspecified atom stereocenters. The standard InChI is InChI=1S/C23H26N8O2S3/c1-15-14-25-9-4-17(15)13-19(33)27-23-31-29-21(36-23)6-11-34-10-5-20-28-30-22(35-20)26-18(32)12-16-2-7-24-8-3-16/h2-3,7-9,14,17H,4-6,10-13H2,1H3,(H,26,30,32)(H,27,31,33). The molecule has 4 heterocycles. The Hall–Kier alpha value is -3.03. The maximum Gasteiger partial charge on any atom is 0.230 e. The predicted octanol–water partition coefficient (Wildman–Crippen LogP) is 3.81. The molecular formula is C23H26N8O2S3. The first-order chi connectivity index (χ1) is 17.5. The maximum absolute atomic E-state index is 12.3. The predicted molar refractivity (Wildman–Crippen MR) is 145 cm³/mol. The molecule has 0 aromatic carbocycles. The van der Waals surface area contributed by atoms with E-state index in [2.05, 4.69) is 41.0 Å². The van der Waals surface area contributed by atoms with Gasteiger partial charge in [-0.15, -0.1) is 20.4 Å². The number of allylic oxidation sites excluding steroid dienone is 1. The third kappa shape index (κ3) is 8.28. The minimum Gasteiger partial charge on any atom is -0.301 e. The highest BCUT2D eigenvalue weighted by Crippen LogP contribution is 2.23. The Morgan fingerprint density at radius 1 is 0.972 bits per heavy atom. The molecule has 2 N–H and O–H groups in total. The molecule has 0 spiro atoms. The van der Waals surface area contributed by atoms with E-state index < -0.39 is 0 Å². The Balaban J connectivity index is 1.11. The number of carbonyl (C=O) groups excluding carboxylic acids is 2. The molecule has 2 amide bonds. The molecule has 0 aliphatic carbocycles. The van der Waals surface area contributed by atoms with Crippen molar-refractivity contribution in [2.45, 2.75) is 39.0 Å². The average Bonchev–Trinajstić information content (AvgIpc) is 3.50. The Kier molecular flexibility index (Phi) is 9.64. The van der Waals surface area contributed by atoms with Crippen molar-refractivity contribution < 1.29 is 9.59 Å². The summed E-state index contributed by atoms with van der Waals surface area (Å²) >= 11 is 4.61. The van der Waals surface area contributed by atoms with Crippen LogP contribution in [-0.2, 0) is 28.9 Å². The van der Waals surface area contributed by atoms with Crippen LogP contribution in [0.1, 0.15) is 35.3 Å². The summed E-state index contributed by atoms with van der Waals surface area (Å²) in [6, 6.07) is 3.63. The van der Waals surface area contributed by atoms with Crippen molar-refractivity contribution in [2.24, 2.45) is 10.9 Å². The lowest BCUT2D eigenvalue weighted by Gasteiger charge is -2.16. The number of hydrogen-bond acceptors (Lipinski definition) is 11. The second-order valence-corrected chi connectivity index (χ2v) is 11.4. The summed E-state index contributed by atoms with van der Waals surface area (Å²) in [6.45, 7) is 2.00. The molecule has 3 aromatic rings. The molecule has 1 aliphatic heterocycles. The van der Waals surface area contributed by atoms with Gasteiger partial charge in [-0.25, -0.2) is 0 Å². The van der Waals surface area contributed by atoms with Gasteiger partial charge in [-0.05, 0) is 48.5 Å². The third-order valence-electron chi connectivity index (χ3n) is 5.31. The van der Waals surface area contributed by atoms with Gasteiger partial charge in [0.1, 0.15) is 10.0 Å². The van der Waals surface area contributed by atoms with Gasteiger partial charge < -0.3 is 10.6 Å². The molecule has 188 valence electrons. The van der Waals surface area contributed by atoms with Gasteiger partial charge in [-0.1, -0.05) is 28.2 Å². The zero-order chi connectivity index (χ0) is 25.2. The van der Waals surface area contributed by atoms with E-state index in [1.165, 1.54) is 22.7 Å². The Bertz CT molecular complexity index is 1220. The van der Waals surface area contributed by atoms with E-state index in [1.807, 2.05) is 31.5 Å².